The standard InChI is InChI=1S/C14H28N2O.ClH/c1-5-7-14(4,15)12(17)16-10-6-8-13(2,3)9-11-16;/h5-11,15H2,1-4H3;1H. The van der Waals surface area contributed by atoms with E-state index in [-0.39, 0.29) is 18.3 Å². The van der Waals surface area contributed by atoms with Gasteiger partial charge in [0.15, 0.2) is 0 Å². The van der Waals surface area contributed by atoms with Gasteiger partial charge in [0.05, 0.1) is 5.54 Å². The molecule has 1 aliphatic heterocycles. The van der Waals surface area contributed by atoms with Crippen LogP contribution in [-0.2, 0) is 4.79 Å². The van der Waals surface area contributed by atoms with Gasteiger partial charge in [0.2, 0.25) is 5.91 Å². The Balaban J connectivity index is 0.00000289. The number of rotatable bonds is 3. The highest BCUT2D eigenvalue weighted by Gasteiger charge is 2.33. The summed E-state index contributed by atoms with van der Waals surface area (Å²) in [6.45, 7) is 10.3. The first kappa shape index (κ1) is 17.7. The van der Waals surface area contributed by atoms with E-state index >= 15 is 0 Å². The van der Waals surface area contributed by atoms with Gasteiger partial charge in [-0.15, -0.1) is 12.4 Å². The first-order chi connectivity index (χ1) is 7.78. The average molecular weight is 277 g/mol. The Hall–Kier alpha value is -0.280. The van der Waals surface area contributed by atoms with Crippen LogP contribution in [0.3, 0.4) is 0 Å². The lowest BCUT2D eigenvalue weighted by molar-refractivity contribution is -0.136. The van der Waals surface area contributed by atoms with Crippen molar-refractivity contribution < 1.29 is 4.79 Å². The molecule has 0 aromatic heterocycles. The van der Waals surface area contributed by atoms with Crippen molar-refractivity contribution in [3.8, 4) is 0 Å². The zero-order valence-corrected chi connectivity index (χ0v) is 13.1. The lowest BCUT2D eigenvalue weighted by Gasteiger charge is -2.31. The summed E-state index contributed by atoms with van der Waals surface area (Å²) < 4.78 is 0. The van der Waals surface area contributed by atoms with Crippen molar-refractivity contribution in [1.29, 1.82) is 0 Å². The van der Waals surface area contributed by atoms with Crippen molar-refractivity contribution in [2.24, 2.45) is 11.1 Å². The lowest BCUT2D eigenvalue weighted by Crippen LogP contribution is -2.53. The van der Waals surface area contributed by atoms with E-state index in [1.165, 1.54) is 6.42 Å². The van der Waals surface area contributed by atoms with E-state index < -0.39 is 5.54 Å². The zero-order chi connectivity index (χ0) is 13.1. The number of amides is 1. The van der Waals surface area contributed by atoms with E-state index in [0.717, 1.165) is 38.8 Å². The molecule has 1 rings (SSSR count). The summed E-state index contributed by atoms with van der Waals surface area (Å²) in [7, 11) is 0. The van der Waals surface area contributed by atoms with Crippen molar-refractivity contribution in [2.75, 3.05) is 13.1 Å². The predicted octanol–water partition coefficient (Wildman–Crippen LogP) is 2.96. The van der Waals surface area contributed by atoms with Crippen LogP contribution >= 0.6 is 12.4 Å². The molecule has 3 nitrogen and oxygen atoms in total. The van der Waals surface area contributed by atoms with Gasteiger partial charge < -0.3 is 10.6 Å². The summed E-state index contributed by atoms with van der Waals surface area (Å²) >= 11 is 0. The molecule has 1 heterocycles. The topological polar surface area (TPSA) is 46.3 Å². The van der Waals surface area contributed by atoms with E-state index in [1.54, 1.807) is 0 Å². The van der Waals surface area contributed by atoms with Crippen LogP contribution in [0.5, 0.6) is 0 Å². The van der Waals surface area contributed by atoms with E-state index in [0.29, 0.717) is 5.41 Å². The summed E-state index contributed by atoms with van der Waals surface area (Å²) in [6, 6.07) is 0. The van der Waals surface area contributed by atoms with Crippen molar-refractivity contribution in [3.05, 3.63) is 0 Å². The SMILES string of the molecule is CCCC(C)(N)C(=O)N1CCCC(C)(C)CC1.Cl. The Morgan fingerprint density at radius 2 is 1.94 bits per heavy atom. The molecule has 1 unspecified atom stereocenters. The fourth-order valence-electron chi connectivity index (χ4n) is 2.61. The third-order valence-corrected chi connectivity index (χ3v) is 3.89. The van der Waals surface area contributed by atoms with E-state index in [1.807, 2.05) is 11.8 Å². The summed E-state index contributed by atoms with van der Waals surface area (Å²) in [5.41, 5.74) is 5.82. The Labute approximate surface area is 118 Å². The molecule has 0 aromatic carbocycles. The molecule has 1 saturated heterocycles. The molecule has 2 N–H and O–H groups in total. The van der Waals surface area contributed by atoms with Gasteiger partial charge in [-0.05, 0) is 38.0 Å². The van der Waals surface area contributed by atoms with Crippen molar-refractivity contribution in [2.45, 2.75) is 65.3 Å². The molecule has 1 aliphatic rings. The van der Waals surface area contributed by atoms with E-state index in [9.17, 15) is 4.79 Å². The zero-order valence-electron chi connectivity index (χ0n) is 12.3. The Kier molecular flexibility index (Phi) is 6.66. The molecule has 1 amide bonds. The molecular weight excluding hydrogens is 248 g/mol. The summed E-state index contributed by atoms with van der Waals surface area (Å²) in [6.07, 6.45) is 5.11. The smallest absolute Gasteiger partial charge is 0.242 e. The molecule has 0 radical (unpaired) electrons. The predicted molar refractivity (Wildman–Crippen MR) is 79.0 cm³/mol. The first-order valence-electron chi connectivity index (χ1n) is 6.87. The minimum absolute atomic E-state index is 0. The Morgan fingerprint density at radius 3 is 2.50 bits per heavy atom. The molecule has 0 spiro atoms. The van der Waals surface area contributed by atoms with Crippen LogP contribution in [-0.4, -0.2) is 29.4 Å². The van der Waals surface area contributed by atoms with Gasteiger partial charge in [-0.3, -0.25) is 4.79 Å². The minimum Gasteiger partial charge on any atom is -0.341 e. The van der Waals surface area contributed by atoms with Crippen LogP contribution < -0.4 is 5.73 Å². The highest BCUT2D eigenvalue weighted by molar-refractivity contribution is 5.85. The molecule has 0 saturated carbocycles. The van der Waals surface area contributed by atoms with Crippen molar-refractivity contribution >= 4 is 18.3 Å². The Bertz CT molecular complexity index is 277. The third-order valence-electron chi connectivity index (χ3n) is 3.89. The summed E-state index contributed by atoms with van der Waals surface area (Å²) in [5, 5.41) is 0. The fraction of sp³-hybridized carbons (Fsp3) is 0.929. The minimum atomic E-state index is -0.677. The molecule has 0 bridgehead atoms. The van der Waals surface area contributed by atoms with Crippen LogP contribution in [0.2, 0.25) is 0 Å². The van der Waals surface area contributed by atoms with Gasteiger partial charge in [-0.25, -0.2) is 0 Å². The lowest BCUT2D eigenvalue weighted by atomic mass is 9.85. The second kappa shape index (κ2) is 6.76. The third kappa shape index (κ3) is 4.77. The first-order valence-corrected chi connectivity index (χ1v) is 6.87. The highest BCUT2D eigenvalue weighted by Crippen LogP contribution is 2.30. The molecule has 1 atom stereocenters. The largest absolute Gasteiger partial charge is 0.341 e. The number of nitrogens with zero attached hydrogens (tertiary/aromatic N) is 1. The molecule has 0 aliphatic carbocycles. The van der Waals surface area contributed by atoms with Crippen LogP contribution in [0.15, 0.2) is 0 Å². The van der Waals surface area contributed by atoms with Gasteiger partial charge in [0.1, 0.15) is 0 Å². The van der Waals surface area contributed by atoms with Crippen LogP contribution in [0.4, 0.5) is 0 Å². The molecule has 0 aromatic rings. The normalized spacial score (nSPS) is 22.6. The molecular formula is C14H29ClN2O. The van der Waals surface area contributed by atoms with Crippen molar-refractivity contribution in [3.63, 3.8) is 0 Å². The van der Waals surface area contributed by atoms with Gasteiger partial charge in [0, 0.05) is 13.1 Å². The van der Waals surface area contributed by atoms with Gasteiger partial charge in [-0.2, -0.15) is 0 Å². The van der Waals surface area contributed by atoms with Crippen molar-refractivity contribution in [1.82, 2.24) is 4.90 Å². The Morgan fingerprint density at radius 1 is 1.33 bits per heavy atom. The number of nitrogens with two attached hydrogens (primary N) is 1. The monoisotopic (exact) mass is 276 g/mol. The second-order valence-electron chi connectivity index (χ2n) is 6.48. The number of hydrogen-bond donors (Lipinski definition) is 1. The quantitative estimate of drug-likeness (QED) is 0.861. The van der Waals surface area contributed by atoms with Crippen LogP contribution in [0, 0.1) is 5.41 Å². The molecule has 18 heavy (non-hydrogen) atoms. The van der Waals surface area contributed by atoms with Crippen LogP contribution in [0.25, 0.3) is 0 Å². The molecule has 108 valence electrons. The number of hydrogen-bond acceptors (Lipinski definition) is 2. The maximum atomic E-state index is 12.4. The summed E-state index contributed by atoms with van der Waals surface area (Å²) in [4.78, 5) is 14.4. The van der Waals surface area contributed by atoms with Gasteiger partial charge >= 0.3 is 0 Å². The fourth-order valence-corrected chi connectivity index (χ4v) is 2.61. The number of halogens is 1. The van der Waals surface area contributed by atoms with E-state index in [2.05, 4.69) is 20.8 Å². The average Bonchev–Trinajstić information content (AvgIpc) is 2.38. The second-order valence-corrected chi connectivity index (χ2v) is 6.48. The maximum absolute atomic E-state index is 12.4. The maximum Gasteiger partial charge on any atom is 0.242 e. The van der Waals surface area contributed by atoms with Gasteiger partial charge in [0.25, 0.3) is 0 Å². The number of carbonyl (C=O) groups is 1. The highest BCUT2D eigenvalue weighted by atomic mass is 35.5. The van der Waals surface area contributed by atoms with Crippen LogP contribution in [0.1, 0.15) is 59.8 Å². The number of likely N-dealkylation sites (tertiary alicyclic amines) is 1. The van der Waals surface area contributed by atoms with Gasteiger partial charge in [-0.1, -0.05) is 27.2 Å². The number of carbonyl (C=O) groups excluding carboxylic acids is 1. The summed E-state index contributed by atoms with van der Waals surface area (Å²) in [5.74, 6) is 0.136. The molecule has 1 fully saturated rings. The van der Waals surface area contributed by atoms with E-state index in [4.69, 9.17) is 5.73 Å². The molecule has 4 heteroatoms.